The molecule has 0 saturated carbocycles. The second kappa shape index (κ2) is 7.50. The molecule has 2 aliphatic rings. The van der Waals surface area contributed by atoms with Crippen molar-refractivity contribution in [3.05, 3.63) is 70.8 Å². The molecular formula is C22H21N3O4. The van der Waals surface area contributed by atoms with Crippen molar-refractivity contribution in [1.82, 2.24) is 14.7 Å². The van der Waals surface area contributed by atoms with Crippen LogP contribution in [0.5, 0.6) is 0 Å². The molecule has 0 aliphatic carbocycles. The summed E-state index contributed by atoms with van der Waals surface area (Å²) in [5.74, 6) is -1.22. The minimum atomic E-state index is -0.438. The molecule has 2 heterocycles. The summed E-state index contributed by atoms with van der Waals surface area (Å²) in [7, 11) is 0. The van der Waals surface area contributed by atoms with Crippen LogP contribution in [0.15, 0.2) is 48.5 Å². The van der Waals surface area contributed by atoms with Gasteiger partial charge in [-0.25, -0.2) is 0 Å². The van der Waals surface area contributed by atoms with Crippen molar-refractivity contribution in [3.63, 3.8) is 0 Å². The van der Waals surface area contributed by atoms with Crippen LogP contribution in [0.1, 0.15) is 36.6 Å². The minimum absolute atomic E-state index is 0.0579. The standard InChI is InChI=1S/C22H21N3O4/c1-15-6-8-16(9-7-15)20(27)24-12-10-23(11-13-24)19(26)14-25-21(28)17-4-2-3-5-18(17)22(25)29/h2-9H,10-14H2,1H3. The number of fused-ring (bicyclic) bond motifs is 1. The van der Waals surface area contributed by atoms with E-state index in [0.717, 1.165) is 10.5 Å². The summed E-state index contributed by atoms with van der Waals surface area (Å²) in [6, 6.07) is 14.0. The van der Waals surface area contributed by atoms with Crippen molar-refractivity contribution in [2.75, 3.05) is 32.7 Å². The van der Waals surface area contributed by atoms with E-state index in [9.17, 15) is 19.2 Å². The molecule has 0 bridgehead atoms. The van der Waals surface area contributed by atoms with Crippen molar-refractivity contribution >= 4 is 23.6 Å². The van der Waals surface area contributed by atoms with Gasteiger partial charge in [-0.05, 0) is 31.2 Å². The fourth-order valence-electron chi connectivity index (χ4n) is 3.66. The van der Waals surface area contributed by atoms with Gasteiger partial charge in [-0.15, -0.1) is 0 Å². The van der Waals surface area contributed by atoms with E-state index in [-0.39, 0.29) is 18.4 Å². The van der Waals surface area contributed by atoms with E-state index < -0.39 is 11.8 Å². The molecule has 0 radical (unpaired) electrons. The number of piperazine rings is 1. The van der Waals surface area contributed by atoms with Gasteiger partial charge < -0.3 is 9.80 Å². The summed E-state index contributed by atoms with van der Waals surface area (Å²) in [5, 5.41) is 0. The average Bonchev–Trinajstić information content (AvgIpc) is 2.99. The minimum Gasteiger partial charge on any atom is -0.338 e. The van der Waals surface area contributed by atoms with Crippen LogP contribution in [-0.4, -0.2) is 71.1 Å². The van der Waals surface area contributed by atoms with Crippen LogP contribution in [0, 0.1) is 6.92 Å². The molecule has 4 amide bonds. The molecule has 2 aromatic rings. The molecule has 148 valence electrons. The molecule has 0 aromatic heterocycles. The van der Waals surface area contributed by atoms with E-state index in [2.05, 4.69) is 0 Å². The third kappa shape index (κ3) is 3.51. The Bertz CT molecular complexity index is 956. The Morgan fingerprint density at radius 1 is 0.793 bits per heavy atom. The van der Waals surface area contributed by atoms with Crippen molar-refractivity contribution < 1.29 is 19.2 Å². The molecule has 1 fully saturated rings. The topological polar surface area (TPSA) is 78.0 Å². The molecule has 0 N–H and O–H groups in total. The number of hydrogen-bond acceptors (Lipinski definition) is 4. The van der Waals surface area contributed by atoms with Gasteiger partial charge in [-0.1, -0.05) is 29.8 Å². The molecule has 7 nitrogen and oxygen atoms in total. The van der Waals surface area contributed by atoms with Crippen molar-refractivity contribution in [3.8, 4) is 0 Å². The predicted octanol–water partition coefficient (Wildman–Crippen LogP) is 1.58. The lowest BCUT2D eigenvalue weighted by Gasteiger charge is -2.35. The summed E-state index contributed by atoms with van der Waals surface area (Å²) in [6.45, 7) is 3.27. The molecule has 2 aliphatic heterocycles. The first-order chi connectivity index (χ1) is 14.0. The third-order valence-corrected chi connectivity index (χ3v) is 5.39. The quantitative estimate of drug-likeness (QED) is 0.745. The van der Waals surface area contributed by atoms with Crippen LogP contribution in [0.2, 0.25) is 0 Å². The molecule has 29 heavy (non-hydrogen) atoms. The van der Waals surface area contributed by atoms with Crippen molar-refractivity contribution in [2.45, 2.75) is 6.92 Å². The maximum Gasteiger partial charge on any atom is 0.262 e. The van der Waals surface area contributed by atoms with E-state index in [0.29, 0.717) is 42.9 Å². The highest BCUT2D eigenvalue weighted by molar-refractivity contribution is 6.22. The number of carbonyl (C=O) groups excluding carboxylic acids is 4. The maximum absolute atomic E-state index is 12.7. The second-order valence-electron chi connectivity index (χ2n) is 7.28. The molecule has 1 saturated heterocycles. The highest BCUT2D eigenvalue weighted by atomic mass is 16.2. The van der Waals surface area contributed by atoms with Gasteiger partial charge in [0.1, 0.15) is 6.54 Å². The van der Waals surface area contributed by atoms with E-state index in [1.54, 1.807) is 46.2 Å². The summed E-state index contributed by atoms with van der Waals surface area (Å²) < 4.78 is 0. The van der Waals surface area contributed by atoms with Crippen molar-refractivity contribution in [1.29, 1.82) is 0 Å². The fourth-order valence-corrected chi connectivity index (χ4v) is 3.66. The van der Waals surface area contributed by atoms with Crippen molar-refractivity contribution in [2.24, 2.45) is 0 Å². The lowest BCUT2D eigenvalue weighted by Crippen LogP contribution is -2.53. The Hall–Kier alpha value is -3.48. The number of nitrogens with zero attached hydrogens (tertiary/aromatic N) is 3. The molecule has 7 heteroatoms. The van der Waals surface area contributed by atoms with Crippen LogP contribution in [-0.2, 0) is 4.79 Å². The van der Waals surface area contributed by atoms with Gasteiger partial charge in [0.2, 0.25) is 5.91 Å². The predicted molar refractivity (Wildman–Crippen MR) is 105 cm³/mol. The van der Waals surface area contributed by atoms with E-state index >= 15 is 0 Å². The molecule has 0 unspecified atom stereocenters. The zero-order valence-corrected chi connectivity index (χ0v) is 16.1. The number of benzene rings is 2. The maximum atomic E-state index is 12.7. The number of rotatable bonds is 3. The third-order valence-electron chi connectivity index (χ3n) is 5.39. The Morgan fingerprint density at radius 3 is 1.86 bits per heavy atom. The number of carbonyl (C=O) groups is 4. The zero-order valence-electron chi connectivity index (χ0n) is 16.1. The molecular weight excluding hydrogens is 370 g/mol. The Morgan fingerprint density at radius 2 is 1.31 bits per heavy atom. The smallest absolute Gasteiger partial charge is 0.262 e. The van der Waals surface area contributed by atoms with Gasteiger partial charge in [0.25, 0.3) is 17.7 Å². The van der Waals surface area contributed by atoms with Gasteiger partial charge in [-0.3, -0.25) is 24.1 Å². The van der Waals surface area contributed by atoms with Crippen LogP contribution < -0.4 is 0 Å². The average molecular weight is 391 g/mol. The van der Waals surface area contributed by atoms with E-state index in [4.69, 9.17) is 0 Å². The fraction of sp³-hybridized carbons (Fsp3) is 0.273. The van der Waals surface area contributed by atoms with Gasteiger partial charge in [0, 0.05) is 31.7 Å². The number of aryl methyl sites for hydroxylation is 1. The highest BCUT2D eigenvalue weighted by Gasteiger charge is 2.37. The zero-order chi connectivity index (χ0) is 20.5. The number of amides is 4. The molecule has 0 spiro atoms. The second-order valence-corrected chi connectivity index (χ2v) is 7.28. The first-order valence-electron chi connectivity index (χ1n) is 9.54. The lowest BCUT2D eigenvalue weighted by molar-refractivity contribution is -0.132. The number of hydrogen-bond donors (Lipinski definition) is 0. The Balaban J connectivity index is 1.35. The van der Waals surface area contributed by atoms with Gasteiger partial charge >= 0.3 is 0 Å². The van der Waals surface area contributed by atoms with Crippen LogP contribution in [0.25, 0.3) is 0 Å². The van der Waals surface area contributed by atoms with Gasteiger partial charge in [0.05, 0.1) is 11.1 Å². The number of imide groups is 1. The summed E-state index contributed by atoms with van der Waals surface area (Å²) >= 11 is 0. The summed E-state index contributed by atoms with van der Waals surface area (Å²) in [5.41, 5.74) is 2.38. The highest BCUT2D eigenvalue weighted by Crippen LogP contribution is 2.22. The Kier molecular flexibility index (Phi) is 4.88. The first kappa shape index (κ1) is 18.9. The van der Waals surface area contributed by atoms with Gasteiger partial charge in [0.15, 0.2) is 0 Å². The largest absolute Gasteiger partial charge is 0.338 e. The SMILES string of the molecule is Cc1ccc(C(=O)N2CCN(C(=O)CN3C(=O)c4ccccc4C3=O)CC2)cc1. The van der Waals surface area contributed by atoms with E-state index in [1.165, 1.54) is 0 Å². The van der Waals surface area contributed by atoms with Crippen LogP contribution in [0.3, 0.4) is 0 Å². The molecule has 0 atom stereocenters. The monoisotopic (exact) mass is 391 g/mol. The van der Waals surface area contributed by atoms with Crippen LogP contribution >= 0.6 is 0 Å². The van der Waals surface area contributed by atoms with Crippen LogP contribution in [0.4, 0.5) is 0 Å². The first-order valence-corrected chi connectivity index (χ1v) is 9.54. The Labute approximate surface area is 168 Å². The normalized spacial score (nSPS) is 16.2. The summed E-state index contributed by atoms with van der Waals surface area (Å²) in [6.07, 6.45) is 0. The van der Waals surface area contributed by atoms with Gasteiger partial charge in [-0.2, -0.15) is 0 Å². The van der Waals surface area contributed by atoms with E-state index in [1.807, 2.05) is 19.1 Å². The lowest BCUT2D eigenvalue weighted by atomic mass is 10.1. The summed E-state index contributed by atoms with van der Waals surface area (Å²) in [4.78, 5) is 54.4. The molecule has 4 rings (SSSR count). The molecule has 2 aromatic carbocycles.